The molecule has 1 atom stereocenters. The molecule has 3 N–H and O–H groups in total. The van der Waals surface area contributed by atoms with Crippen LogP contribution in [0.25, 0.3) is 10.9 Å². The number of hydrogen-bond donors (Lipinski definition) is 2. The lowest BCUT2D eigenvalue weighted by Gasteiger charge is -2.23. The van der Waals surface area contributed by atoms with E-state index < -0.39 is 5.92 Å². The van der Waals surface area contributed by atoms with E-state index in [0.29, 0.717) is 11.5 Å². The molecule has 1 aromatic carbocycles. The highest BCUT2D eigenvalue weighted by molar-refractivity contribution is 5.88. The van der Waals surface area contributed by atoms with Gasteiger partial charge >= 0.3 is 0 Å². The highest BCUT2D eigenvalue weighted by Gasteiger charge is 2.36. The first kappa shape index (κ1) is 20.2. The second-order valence-electron chi connectivity index (χ2n) is 8.52. The van der Waals surface area contributed by atoms with Crippen molar-refractivity contribution in [1.82, 2.24) is 19.7 Å². The van der Waals surface area contributed by atoms with Crippen molar-refractivity contribution < 1.29 is 9.53 Å². The van der Waals surface area contributed by atoms with Crippen molar-refractivity contribution in [1.29, 1.82) is 5.26 Å². The first-order valence-electron chi connectivity index (χ1n) is 11.1. The summed E-state index contributed by atoms with van der Waals surface area (Å²) < 4.78 is 7.60. The summed E-state index contributed by atoms with van der Waals surface area (Å²) in [4.78, 5) is 15.1. The average Bonchev–Trinajstić information content (AvgIpc) is 3.20. The summed E-state index contributed by atoms with van der Waals surface area (Å²) in [6.07, 6.45) is 6.47. The maximum Gasteiger partial charge on any atom is 0.244 e. The molecule has 164 valence electrons. The molecule has 8 heteroatoms. The molecule has 5 rings (SSSR count). The molecule has 0 saturated carbocycles. The molecule has 0 bridgehead atoms. The van der Waals surface area contributed by atoms with Crippen molar-refractivity contribution in [2.45, 2.75) is 45.1 Å². The van der Waals surface area contributed by atoms with E-state index in [9.17, 15) is 10.1 Å². The Bertz CT molecular complexity index is 1250. The molecule has 1 saturated heterocycles. The SMILES string of the molecule is Cc1[nH]nc2c1[C@H](c1cn(CC(=O)N3CCCCCC3)c3ccccc13)C(C#N)=C(N)O2. The number of aryl methyl sites for hydroxylation is 1. The van der Waals surface area contributed by atoms with Crippen molar-refractivity contribution in [2.24, 2.45) is 5.73 Å². The fourth-order valence-electron chi connectivity index (χ4n) is 4.91. The van der Waals surface area contributed by atoms with E-state index in [2.05, 4.69) is 16.3 Å². The summed E-state index contributed by atoms with van der Waals surface area (Å²) in [6, 6.07) is 10.2. The maximum absolute atomic E-state index is 13.1. The molecule has 3 aromatic rings. The van der Waals surface area contributed by atoms with Gasteiger partial charge in [0, 0.05) is 41.4 Å². The Balaban J connectivity index is 1.60. The number of aromatic nitrogens is 3. The van der Waals surface area contributed by atoms with Gasteiger partial charge in [0.15, 0.2) is 0 Å². The van der Waals surface area contributed by atoms with Gasteiger partial charge in [-0.05, 0) is 31.4 Å². The summed E-state index contributed by atoms with van der Waals surface area (Å²) in [5.74, 6) is 0.166. The fourth-order valence-corrected chi connectivity index (χ4v) is 4.91. The maximum atomic E-state index is 13.1. The van der Waals surface area contributed by atoms with Crippen LogP contribution in [0.2, 0.25) is 0 Å². The number of rotatable bonds is 3. The first-order chi connectivity index (χ1) is 15.6. The van der Waals surface area contributed by atoms with Crippen LogP contribution in [-0.4, -0.2) is 38.7 Å². The minimum absolute atomic E-state index is 0.0639. The van der Waals surface area contributed by atoms with Gasteiger partial charge in [-0.1, -0.05) is 31.0 Å². The van der Waals surface area contributed by atoms with Gasteiger partial charge in [-0.2, -0.15) is 5.26 Å². The zero-order valence-electron chi connectivity index (χ0n) is 18.1. The average molecular weight is 431 g/mol. The number of carbonyl (C=O) groups is 1. The number of H-pyrrole nitrogens is 1. The summed E-state index contributed by atoms with van der Waals surface area (Å²) >= 11 is 0. The molecule has 8 nitrogen and oxygen atoms in total. The summed E-state index contributed by atoms with van der Waals surface area (Å²) in [5, 5.41) is 18.0. The summed E-state index contributed by atoms with van der Waals surface area (Å²) in [7, 11) is 0. The number of nitrogens with zero attached hydrogens (tertiary/aromatic N) is 4. The predicted octanol–water partition coefficient (Wildman–Crippen LogP) is 3.29. The van der Waals surface area contributed by atoms with E-state index in [0.717, 1.165) is 53.7 Å². The van der Waals surface area contributed by atoms with Crippen LogP contribution in [0.5, 0.6) is 5.88 Å². The van der Waals surface area contributed by atoms with Crippen LogP contribution in [0.4, 0.5) is 0 Å². The van der Waals surface area contributed by atoms with E-state index in [1.54, 1.807) is 0 Å². The lowest BCUT2D eigenvalue weighted by molar-refractivity contribution is -0.131. The number of nitriles is 1. The molecular weight excluding hydrogens is 404 g/mol. The fraction of sp³-hybridized carbons (Fsp3) is 0.375. The molecule has 1 amide bonds. The Morgan fingerprint density at radius 1 is 1.28 bits per heavy atom. The Labute approximate surface area is 186 Å². The van der Waals surface area contributed by atoms with Crippen LogP contribution in [-0.2, 0) is 11.3 Å². The van der Waals surface area contributed by atoms with Gasteiger partial charge < -0.3 is 19.9 Å². The second kappa shape index (κ2) is 8.08. The van der Waals surface area contributed by atoms with Gasteiger partial charge in [0.05, 0.1) is 5.92 Å². The monoisotopic (exact) mass is 430 g/mol. The van der Waals surface area contributed by atoms with E-state index in [1.807, 2.05) is 46.9 Å². The number of fused-ring (bicyclic) bond motifs is 2. The number of ether oxygens (including phenoxy) is 1. The van der Waals surface area contributed by atoms with E-state index in [4.69, 9.17) is 10.5 Å². The number of likely N-dealkylation sites (tertiary alicyclic amines) is 1. The highest BCUT2D eigenvalue weighted by atomic mass is 16.5. The van der Waals surface area contributed by atoms with Gasteiger partial charge in [0.25, 0.3) is 0 Å². The summed E-state index contributed by atoms with van der Waals surface area (Å²) in [5.41, 5.74) is 9.94. The van der Waals surface area contributed by atoms with Crippen molar-refractivity contribution in [2.75, 3.05) is 13.1 Å². The van der Waals surface area contributed by atoms with Gasteiger partial charge in [0.1, 0.15) is 18.2 Å². The number of nitrogens with one attached hydrogen (secondary N) is 1. The van der Waals surface area contributed by atoms with Crippen molar-refractivity contribution >= 4 is 16.8 Å². The normalized spacial score (nSPS) is 18.8. The molecular formula is C24H26N6O2. The standard InChI is InChI=1S/C24H26N6O2/c1-15-21-22(17(12-25)23(26)32-24(21)28-27-15)18-13-30(19-9-5-4-8-16(18)19)14-20(31)29-10-6-2-3-7-11-29/h4-5,8-9,13,22H,2-3,6-7,10-11,14,26H2,1H3,(H,27,28)/t22-/m0/s1. The third-order valence-electron chi connectivity index (χ3n) is 6.52. The topological polar surface area (TPSA) is 113 Å². The molecule has 2 aliphatic rings. The van der Waals surface area contributed by atoms with E-state index in [-0.39, 0.29) is 18.3 Å². The Morgan fingerprint density at radius 2 is 2.03 bits per heavy atom. The lowest BCUT2D eigenvalue weighted by atomic mass is 9.84. The molecule has 32 heavy (non-hydrogen) atoms. The highest BCUT2D eigenvalue weighted by Crippen LogP contribution is 2.45. The van der Waals surface area contributed by atoms with E-state index >= 15 is 0 Å². The number of carbonyl (C=O) groups excluding carboxylic acids is 1. The molecule has 0 unspecified atom stereocenters. The van der Waals surface area contributed by atoms with Gasteiger partial charge in [-0.15, -0.1) is 5.10 Å². The number of aromatic amines is 1. The number of amides is 1. The molecule has 1 fully saturated rings. The quantitative estimate of drug-likeness (QED) is 0.662. The van der Waals surface area contributed by atoms with Crippen LogP contribution in [0.3, 0.4) is 0 Å². The Kier molecular flexibility index (Phi) is 5.10. The third kappa shape index (κ3) is 3.30. The Hall–Kier alpha value is -3.73. The summed E-state index contributed by atoms with van der Waals surface area (Å²) in [6.45, 7) is 3.81. The Morgan fingerprint density at radius 3 is 2.78 bits per heavy atom. The minimum atomic E-state index is -0.415. The van der Waals surface area contributed by atoms with Crippen LogP contribution in [0.15, 0.2) is 41.9 Å². The smallest absolute Gasteiger partial charge is 0.244 e. The van der Waals surface area contributed by atoms with Gasteiger partial charge in [0.2, 0.25) is 17.7 Å². The zero-order valence-corrected chi connectivity index (χ0v) is 18.1. The zero-order chi connectivity index (χ0) is 22.2. The number of nitrogens with two attached hydrogens (primary N) is 1. The number of hydrogen-bond acceptors (Lipinski definition) is 5. The largest absolute Gasteiger partial charge is 0.420 e. The van der Waals surface area contributed by atoms with Crippen molar-refractivity contribution in [3.8, 4) is 11.9 Å². The van der Waals surface area contributed by atoms with Crippen LogP contribution < -0.4 is 10.5 Å². The van der Waals surface area contributed by atoms with E-state index in [1.165, 1.54) is 12.8 Å². The van der Waals surface area contributed by atoms with Crippen LogP contribution >= 0.6 is 0 Å². The molecule has 2 aliphatic heterocycles. The predicted molar refractivity (Wildman–Crippen MR) is 120 cm³/mol. The van der Waals surface area contributed by atoms with Gasteiger partial charge in [-0.25, -0.2) is 0 Å². The van der Waals surface area contributed by atoms with Crippen molar-refractivity contribution in [3.63, 3.8) is 0 Å². The van der Waals surface area contributed by atoms with Crippen molar-refractivity contribution in [3.05, 3.63) is 58.7 Å². The molecule has 0 spiro atoms. The number of allylic oxidation sites excluding steroid dienone is 1. The number of para-hydroxylation sites is 1. The third-order valence-corrected chi connectivity index (χ3v) is 6.52. The molecule has 4 heterocycles. The molecule has 0 radical (unpaired) electrons. The van der Waals surface area contributed by atoms with Gasteiger partial charge in [-0.3, -0.25) is 9.89 Å². The minimum Gasteiger partial charge on any atom is -0.420 e. The molecule has 0 aliphatic carbocycles. The van der Waals surface area contributed by atoms with Crippen LogP contribution in [0.1, 0.15) is 48.4 Å². The second-order valence-corrected chi connectivity index (χ2v) is 8.52. The first-order valence-corrected chi connectivity index (χ1v) is 11.1. The lowest BCUT2D eigenvalue weighted by Crippen LogP contribution is -2.34. The van der Waals surface area contributed by atoms with Crippen LogP contribution in [0, 0.1) is 18.3 Å². The number of benzene rings is 1. The molecule has 2 aromatic heterocycles.